The normalized spacial score (nSPS) is 16.9. The molecule has 0 bridgehead atoms. The van der Waals surface area contributed by atoms with Gasteiger partial charge in [0.25, 0.3) is 0 Å². The molecular weight excluding hydrogens is 444 g/mol. The molecule has 34 heavy (non-hydrogen) atoms. The molecule has 4 rings (SSSR count). The van der Waals surface area contributed by atoms with Crippen LogP contribution in [0.4, 0.5) is 5.69 Å². The van der Waals surface area contributed by atoms with Crippen LogP contribution in [0.25, 0.3) is 0 Å². The third-order valence-corrected chi connectivity index (χ3v) is 8.55. The Bertz CT molecular complexity index is 1140. The highest BCUT2D eigenvalue weighted by atomic mass is 32.2. The largest absolute Gasteiger partial charge is 0.326 e. The molecule has 0 aromatic heterocycles. The summed E-state index contributed by atoms with van der Waals surface area (Å²) in [6.07, 6.45) is 3.99. The number of hydrogen-bond acceptors (Lipinski definition) is 3. The Morgan fingerprint density at radius 2 is 1.50 bits per heavy atom. The first-order valence-corrected chi connectivity index (χ1v) is 13.4. The highest BCUT2D eigenvalue weighted by Gasteiger charge is 2.32. The van der Waals surface area contributed by atoms with Gasteiger partial charge in [0, 0.05) is 30.6 Å². The summed E-state index contributed by atoms with van der Waals surface area (Å²) in [6, 6.07) is 26.6. The van der Waals surface area contributed by atoms with Crippen LogP contribution in [-0.2, 0) is 14.8 Å². The second-order valence-electron chi connectivity index (χ2n) is 8.82. The molecule has 1 heterocycles. The number of amides is 1. The summed E-state index contributed by atoms with van der Waals surface area (Å²) < 4.78 is 28.0. The molecule has 0 radical (unpaired) electrons. The zero-order valence-corrected chi connectivity index (χ0v) is 20.4. The van der Waals surface area contributed by atoms with Crippen molar-refractivity contribution in [3.63, 3.8) is 0 Å². The fourth-order valence-electron chi connectivity index (χ4n) is 4.74. The molecule has 3 aromatic rings. The van der Waals surface area contributed by atoms with Gasteiger partial charge in [0.2, 0.25) is 15.9 Å². The standard InChI is InChI=1S/C28H32N2O3S/c1-2-25-15-9-10-20-30(25)34(32,33)26-18-16-24(17-19-26)29-28(31)21-27(22-11-5-3-6-12-22)23-13-7-4-8-14-23/h3-8,11-14,16-19,25,27H,2,9-10,15,20-21H2,1H3,(H,29,31). The van der Waals surface area contributed by atoms with Crippen molar-refractivity contribution in [2.24, 2.45) is 0 Å². The summed E-state index contributed by atoms with van der Waals surface area (Å²) in [6.45, 7) is 2.61. The molecule has 3 aromatic carbocycles. The van der Waals surface area contributed by atoms with Crippen LogP contribution in [0.3, 0.4) is 0 Å². The number of carbonyl (C=O) groups excluding carboxylic acids is 1. The summed E-state index contributed by atoms with van der Waals surface area (Å²) >= 11 is 0. The number of rotatable bonds is 8. The predicted octanol–water partition coefficient (Wildman–Crippen LogP) is 5.80. The SMILES string of the molecule is CCC1CCCCN1S(=O)(=O)c1ccc(NC(=O)CC(c2ccccc2)c2ccccc2)cc1. The minimum absolute atomic E-state index is 0.0611. The van der Waals surface area contributed by atoms with Crippen LogP contribution in [0.5, 0.6) is 0 Å². The third kappa shape index (κ3) is 5.57. The lowest BCUT2D eigenvalue weighted by molar-refractivity contribution is -0.116. The lowest BCUT2D eigenvalue weighted by Crippen LogP contribution is -2.43. The number of sulfonamides is 1. The van der Waals surface area contributed by atoms with Gasteiger partial charge in [0.05, 0.1) is 4.90 Å². The predicted molar refractivity (Wildman–Crippen MR) is 136 cm³/mol. The van der Waals surface area contributed by atoms with E-state index in [0.717, 1.165) is 36.8 Å². The summed E-state index contributed by atoms with van der Waals surface area (Å²) in [5.74, 6) is -0.178. The molecule has 1 saturated heterocycles. The summed E-state index contributed by atoms with van der Waals surface area (Å²) in [5, 5.41) is 2.94. The van der Waals surface area contributed by atoms with E-state index in [0.29, 0.717) is 18.7 Å². The number of hydrogen-bond donors (Lipinski definition) is 1. The lowest BCUT2D eigenvalue weighted by atomic mass is 9.88. The molecule has 1 aliphatic heterocycles. The van der Waals surface area contributed by atoms with Crippen LogP contribution in [-0.4, -0.2) is 31.2 Å². The van der Waals surface area contributed by atoms with Gasteiger partial charge in [-0.25, -0.2) is 8.42 Å². The maximum absolute atomic E-state index is 13.2. The average Bonchev–Trinajstić information content (AvgIpc) is 2.88. The Morgan fingerprint density at radius 3 is 2.06 bits per heavy atom. The Kier molecular flexibility index (Phi) is 7.80. The van der Waals surface area contributed by atoms with Crippen LogP contribution in [0.15, 0.2) is 89.8 Å². The van der Waals surface area contributed by atoms with Gasteiger partial charge < -0.3 is 5.32 Å². The van der Waals surface area contributed by atoms with Crippen molar-refractivity contribution >= 4 is 21.6 Å². The van der Waals surface area contributed by atoms with Crippen molar-refractivity contribution in [1.82, 2.24) is 4.31 Å². The van der Waals surface area contributed by atoms with E-state index in [1.54, 1.807) is 28.6 Å². The van der Waals surface area contributed by atoms with Crippen LogP contribution >= 0.6 is 0 Å². The molecule has 1 N–H and O–H groups in total. The number of nitrogens with one attached hydrogen (secondary N) is 1. The van der Waals surface area contributed by atoms with E-state index < -0.39 is 10.0 Å². The highest BCUT2D eigenvalue weighted by Crippen LogP contribution is 2.30. The molecule has 1 aliphatic rings. The first-order valence-electron chi connectivity index (χ1n) is 12.0. The minimum Gasteiger partial charge on any atom is -0.326 e. The average molecular weight is 477 g/mol. The zero-order chi connectivity index (χ0) is 24.0. The van der Waals surface area contributed by atoms with E-state index in [2.05, 4.69) is 5.32 Å². The fourth-order valence-corrected chi connectivity index (χ4v) is 6.51. The van der Waals surface area contributed by atoms with Crippen molar-refractivity contribution in [3.05, 3.63) is 96.1 Å². The maximum Gasteiger partial charge on any atom is 0.243 e. The molecule has 5 nitrogen and oxygen atoms in total. The molecule has 1 atom stereocenters. The Labute approximate surface area is 202 Å². The Balaban J connectivity index is 1.47. The van der Waals surface area contributed by atoms with Gasteiger partial charge in [-0.05, 0) is 54.7 Å². The third-order valence-electron chi connectivity index (χ3n) is 6.58. The quantitative estimate of drug-likeness (QED) is 0.447. The summed E-state index contributed by atoms with van der Waals surface area (Å²) in [4.78, 5) is 13.2. The number of benzene rings is 3. The number of nitrogens with zero attached hydrogens (tertiary/aromatic N) is 1. The van der Waals surface area contributed by atoms with Gasteiger partial charge in [-0.1, -0.05) is 74.0 Å². The fraction of sp³-hybridized carbons (Fsp3) is 0.321. The van der Waals surface area contributed by atoms with Crippen molar-refractivity contribution in [2.45, 2.75) is 55.9 Å². The first kappa shape index (κ1) is 24.2. The van der Waals surface area contributed by atoms with Crippen molar-refractivity contribution in [1.29, 1.82) is 0 Å². The lowest BCUT2D eigenvalue weighted by Gasteiger charge is -2.34. The van der Waals surface area contributed by atoms with Crippen molar-refractivity contribution < 1.29 is 13.2 Å². The molecule has 6 heteroatoms. The number of piperidine rings is 1. The van der Waals surface area contributed by atoms with Gasteiger partial charge in [0.1, 0.15) is 0 Å². The van der Waals surface area contributed by atoms with E-state index in [9.17, 15) is 13.2 Å². The van der Waals surface area contributed by atoms with Crippen LogP contribution < -0.4 is 5.32 Å². The molecule has 1 fully saturated rings. The van der Waals surface area contributed by atoms with Crippen molar-refractivity contribution in [2.75, 3.05) is 11.9 Å². The van der Waals surface area contributed by atoms with E-state index in [1.807, 2.05) is 67.6 Å². The van der Waals surface area contributed by atoms with E-state index in [1.165, 1.54) is 0 Å². The van der Waals surface area contributed by atoms with Gasteiger partial charge in [-0.15, -0.1) is 0 Å². The Hall–Kier alpha value is -2.96. The summed E-state index contributed by atoms with van der Waals surface area (Å²) in [5.41, 5.74) is 2.75. The number of anilines is 1. The molecule has 0 spiro atoms. The van der Waals surface area contributed by atoms with Crippen LogP contribution in [0.1, 0.15) is 56.1 Å². The maximum atomic E-state index is 13.2. The van der Waals surface area contributed by atoms with E-state index in [4.69, 9.17) is 0 Å². The van der Waals surface area contributed by atoms with Crippen LogP contribution in [0.2, 0.25) is 0 Å². The molecule has 1 unspecified atom stereocenters. The Morgan fingerprint density at radius 1 is 0.912 bits per heavy atom. The van der Waals surface area contributed by atoms with Gasteiger partial charge >= 0.3 is 0 Å². The minimum atomic E-state index is -3.54. The number of carbonyl (C=O) groups is 1. The molecule has 178 valence electrons. The second kappa shape index (κ2) is 11.0. The molecular formula is C28H32N2O3S. The summed E-state index contributed by atoms with van der Waals surface area (Å²) in [7, 11) is -3.54. The van der Waals surface area contributed by atoms with Crippen molar-refractivity contribution in [3.8, 4) is 0 Å². The van der Waals surface area contributed by atoms with Crippen LogP contribution in [0, 0.1) is 0 Å². The highest BCUT2D eigenvalue weighted by molar-refractivity contribution is 7.89. The topological polar surface area (TPSA) is 66.5 Å². The van der Waals surface area contributed by atoms with E-state index in [-0.39, 0.29) is 22.8 Å². The first-order chi connectivity index (χ1) is 16.5. The van der Waals surface area contributed by atoms with Gasteiger partial charge in [-0.3, -0.25) is 4.79 Å². The smallest absolute Gasteiger partial charge is 0.243 e. The van der Waals surface area contributed by atoms with Gasteiger partial charge in [0.15, 0.2) is 0 Å². The molecule has 1 amide bonds. The van der Waals surface area contributed by atoms with E-state index >= 15 is 0 Å². The van der Waals surface area contributed by atoms with Gasteiger partial charge in [-0.2, -0.15) is 4.31 Å². The zero-order valence-electron chi connectivity index (χ0n) is 19.6. The monoisotopic (exact) mass is 476 g/mol. The molecule has 0 aliphatic carbocycles. The molecule has 0 saturated carbocycles. The second-order valence-corrected chi connectivity index (χ2v) is 10.7.